The standard InChI is InChI=1S/C64H37N3OS/c1-2-15-38(16-3-1)39-17-12-18-41(35-39)61-65-62(42-32-34-58-49(37-42)46-21-7-11-30-57(46)69-58)67-63(66-61)48-24-14-29-56-60(48)50-36-40(31-33-55(50)68-56)43-23-13-28-54-59(43)47-22-6-10-27-53(47)64(54)51-25-8-4-19-44(51)45-20-5-9-26-52(45)64/h1-37H. The number of aromatic nitrogens is 3. The molecule has 10 aromatic carbocycles. The summed E-state index contributed by atoms with van der Waals surface area (Å²) in [4.78, 5) is 16.0. The molecule has 2 aliphatic carbocycles. The summed E-state index contributed by atoms with van der Waals surface area (Å²) in [5, 5.41) is 4.41. The van der Waals surface area contributed by atoms with Gasteiger partial charge in [0.15, 0.2) is 17.5 Å². The molecule has 0 amide bonds. The van der Waals surface area contributed by atoms with Crippen LogP contribution in [0.4, 0.5) is 0 Å². The number of fused-ring (bicyclic) bond motifs is 16. The van der Waals surface area contributed by atoms with Gasteiger partial charge in [-0.2, -0.15) is 0 Å². The van der Waals surface area contributed by atoms with Crippen molar-refractivity contribution in [3.05, 3.63) is 247 Å². The fourth-order valence-electron chi connectivity index (χ4n) is 11.7. The van der Waals surface area contributed by atoms with Gasteiger partial charge in [-0.05, 0) is 115 Å². The molecule has 0 atom stereocenters. The van der Waals surface area contributed by atoms with E-state index in [1.807, 2.05) is 23.5 Å². The minimum Gasteiger partial charge on any atom is -0.456 e. The van der Waals surface area contributed by atoms with Crippen molar-refractivity contribution in [3.63, 3.8) is 0 Å². The highest BCUT2D eigenvalue weighted by Crippen LogP contribution is 2.64. The SMILES string of the molecule is c1ccc(-c2cccc(-c3nc(-c4ccc5sc6ccccc6c5c4)nc(-c4cccc5oc6ccc(-c7cccc8c7-c7ccccc7C87c8ccccc8-c8ccccc87)cc6c45)n3)c2)cc1. The predicted molar refractivity (Wildman–Crippen MR) is 283 cm³/mol. The van der Waals surface area contributed by atoms with E-state index >= 15 is 0 Å². The predicted octanol–water partition coefficient (Wildman–Crippen LogP) is 16.8. The molecule has 2 aliphatic rings. The molecule has 0 bridgehead atoms. The molecule has 3 heterocycles. The van der Waals surface area contributed by atoms with E-state index in [1.165, 1.54) is 70.2 Å². The number of rotatable bonds is 5. The first-order valence-corrected chi connectivity index (χ1v) is 24.2. The number of hydrogen-bond donors (Lipinski definition) is 0. The molecule has 5 heteroatoms. The highest BCUT2D eigenvalue weighted by atomic mass is 32.1. The molecule has 0 fully saturated rings. The van der Waals surface area contributed by atoms with Crippen LogP contribution < -0.4 is 0 Å². The molecular weight excluding hydrogens is 859 g/mol. The van der Waals surface area contributed by atoms with Crippen molar-refractivity contribution in [3.8, 4) is 78.7 Å². The number of nitrogens with zero attached hydrogens (tertiary/aromatic N) is 3. The summed E-state index contributed by atoms with van der Waals surface area (Å²) in [5.74, 6) is 1.81. The van der Waals surface area contributed by atoms with Gasteiger partial charge in [0.2, 0.25) is 0 Å². The van der Waals surface area contributed by atoms with E-state index in [0.717, 1.165) is 55.3 Å². The van der Waals surface area contributed by atoms with Gasteiger partial charge in [-0.3, -0.25) is 0 Å². The van der Waals surface area contributed by atoms with Crippen molar-refractivity contribution in [1.82, 2.24) is 15.0 Å². The average molecular weight is 896 g/mol. The minimum atomic E-state index is -0.426. The highest BCUT2D eigenvalue weighted by molar-refractivity contribution is 7.25. The zero-order chi connectivity index (χ0) is 45.2. The third-order valence-corrected chi connectivity index (χ3v) is 15.7. The summed E-state index contributed by atoms with van der Waals surface area (Å²) >= 11 is 1.81. The first kappa shape index (κ1) is 38.3. The highest BCUT2D eigenvalue weighted by Gasteiger charge is 2.52. The van der Waals surface area contributed by atoms with E-state index in [1.54, 1.807) is 0 Å². The first-order valence-electron chi connectivity index (χ1n) is 23.4. The van der Waals surface area contributed by atoms with E-state index in [-0.39, 0.29) is 0 Å². The monoisotopic (exact) mass is 895 g/mol. The Hall–Kier alpha value is -8.77. The molecule has 13 aromatic rings. The Labute approximate surface area is 401 Å². The quantitative estimate of drug-likeness (QED) is 0.173. The Morgan fingerprint density at radius 2 is 0.870 bits per heavy atom. The lowest BCUT2D eigenvalue weighted by Crippen LogP contribution is -2.25. The molecule has 4 nitrogen and oxygen atoms in total. The third kappa shape index (κ3) is 5.53. The summed E-state index contributed by atoms with van der Waals surface area (Å²) in [6, 6.07) is 80.9. The first-order chi connectivity index (χ1) is 34.2. The third-order valence-electron chi connectivity index (χ3n) is 14.6. The Kier molecular flexibility index (Phi) is 8.12. The van der Waals surface area contributed by atoms with Gasteiger partial charge in [-0.15, -0.1) is 11.3 Å². The molecule has 0 N–H and O–H groups in total. The van der Waals surface area contributed by atoms with Crippen molar-refractivity contribution in [2.75, 3.05) is 0 Å². The van der Waals surface area contributed by atoms with E-state index in [2.05, 4.69) is 212 Å². The average Bonchev–Trinajstić information content (AvgIpc) is 4.16. The molecule has 0 aliphatic heterocycles. The second-order valence-electron chi connectivity index (χ2n) is 18.2. The van der Waals surface area contributed by atoms with Gasteiger partial charge in [-0.1, -0.05) is 176 Å². The van der Waals surface area contributed by atoms with E-state index in [4.69, 9.17) is 19.4 Å². The van der Waals surface area contributed by atoms with Crippen molar-refractivity contribution in [2.45, 2.75) is 5.41 Å². The Morgan fingerprint density at radius 3 is 1.68 bits per heavy atom. The molecule has 0 saturated carbocycles. The van der Waals surface area contributed by atoms with Crippen LogP contribution in [-0.4, -0.2) is 15.0 Å². The summed E-state index contributed by atoms with van der Waals surface area (Å²) < 4.78 is 9.21. The molecule has 0 saturated heterocycles. The fourth-order valence-corrected chi connectivity index (χ4v) is 12.7. The Bertz CT molecular complexity index is 4230. The van der Waals surface area contributed by atoms with Gasteiger partial charge < -0.3 is 4.42 Å². The molecule has 0 unspecified atom stereocenters. The van der Waals surface area contributed by atoms with E-state index in [9.17, 15) is 0 Å². The van der Waals surface area contributed by atoms with Crippen LogP contribution in [0.25, 0.3) is 121 Å². The van der Waals surface area contributed by atoms with Gasteiger partial charge in [0.05, 0.1) is 5.41 Å². The summed E-state index contributed by atoms with van der Waals surface area (Å²) in [6.07, 6.45) is 0. The van der Waals surface area contributed by atoms with Crippen LogP contribution in [0.3, 0.4) is 0 Å². The number of thiophene rings is 1. The van der Waals surface area contributed by atoms with Gasteiger partial charge >= 0.3 is 0 Å². The van der Waals surface area contributed by atoms with Crippen molar-refractivity contribution >= 4 is 53.4 Å². The maximum Gasteiger partial charge on any atom is 0.164 e. The summed E-state index contributed by atoms with van der Waals surface area (Å²) in [6.45, 7) is 0. The van der Waals surface area contributed by atoms with Gasteiger partial charge in [0.25, 0.3) is 0 Å². The van der Waals surface area contributed by atoms with Crippen molar-refractivity contribution < 1.29 is 4.42 Å². The lowest BCUT2D eigenvalue weighted by Gasteiger charge is -2.30. The Morgan fingerprint density at radius 1 is 0.319 bits per heavy atom. The minimum absolute atomic E-state index is 0.426. The molecular formula is C64H37N3OS. The van der Waals surface area contributed by atoms with Crippen molar-refractivity contribution in [2.24, 2.45) is 0 Å². The number of benzene rings is 10. The Balaban J connectivity index is 0.938. The zero-order valence-electron chi connectivity index (χ0n) is 37.0. The topological polar surface area (TPSA) is 51.8 Å². The van der Waals surface area contributed by atoms with Crippen LogP contribution in [0.1, 0.15) is 22.3 Å². The summed E-state index contributed by atoms with van der Waals surface area (Å²) in [7, 11) is 0. The normalized spacial score (nSPS) is 13.0. The van der Waals surface area contributed by atoms with Crippen LogP contribution in [0.5, 0.6) is 0 Å². The maximum absolute atomic E-state index is 6.71. The molecule has 1 spiro atoms. The largest absolute Gasteiger partial charge is 0.456 e. The fraction of sp³-hybridized carbons (Fsp3) is 0.0156. The van der Waals surface area contributed by atoms with E-state index in [0.29, 0.717) is 17.5 Å². The van der Waals surface area contributed by atoms with Crippen LogP contribution in [-0.2, 0) is 5.41 Å². The van der Waals surface area contributed by atoms with Crippen LogP contribution in [0.15, 0.2) is 229 Å². The molecule has 15 rings (SSSR count). The molecule has 320 valence electrons. The lowest BCUT2D eigenvalue weighted by molar-refractivity contribution is 0.669. The molecule has 0 radical (unpaired) electrons. The summed E-state index contributed by atoms with van der Waals surface area (Å²) in [5.41, 5.74) is 18.9. The lowest BCUT2D eigenvalue weighted by atomic mass is 9.70. The smallest absolute Gasteiger partial charge is 0.164 e. The van der Waals surface area contributed by atoms with Crippen LogP contribution in [0, 0.1) is 0 Å². The maximum atomic E-state index is 6.71. The second kappa shape index (κ2) is 14.6. The number of hydrogen-bond acceptors (Lipinski definition) is 5. The van der Waals surface area contributed by atoms with Gasteiger partial charge in [-0.25, -0.2) is 15.0 Å². The van der Waals surface area contributed by atoms with Crippen LogP contribution in [0.2, 0.25) is 0 Å². The van der Waals surface area contributed by atoms with E-state index < -0.39 is 5.41 Å². The van der Waals surface area contributed by atoms with Crippen molar-refractivity contribution in [1.29, 1.82) is 0 Å². The van der Waals surface area contributed by atoms with Gasteiger partial charge in [0.1, 0.15) is 11.2 Å². The zero-order valence-corrected chi connectivity index (χ0v) is 37.8. The van der Waals surface area contributed by atoms with Crippen LogP contribution >= 0.6 is 11.3 Å². The second-order valence-corrected chi connectivity index (χ2v) is 19.3. The number of furan rings is 1. The molecule has 69 heavy (non-hydrogen) atoms. The van der Waals surface area contributed by atoms with Gasteiger partial charge in [0, 0.05) is 47.6 Å². The molecule has 3 aromatic heterocycles.